The number of methoxy groups -OCH3 is 1. The molecule has 0 aromatic rings. The minimum Gasteiger partial charge on any atom is -0.505 e. The Morgan fingerprint density at radius 3 is 2.43 bits per heavy atom. The maximum absolute atomic E-state index is 11.7. The van der Waals surface area contributed by atoms with Crippen molar-refractivity contribution in [1.29, 1.82) is 0 Å². The standard InChI is InChI=1S/C5H9FO/c1-5(6)3-4-7-2/h3-5H,1-2H3/b4-3+. The predicted molar refractivity (Wildman–Crippen MR) is 26.7 cm³/mol. The number of hydrogen-bond acceptors (Lipinski definition) is 1. The Morgan fingerprint density at radius 1 is 1.71 bits per heavy atom. The Bertz CT molecular complexity index is 59.1. The molecular weight excluding hydrogens is 95.1 g/mol. The van der Waals surface area contributed by atoms with Crippen LogP contribution < -0.4 is 0 Å². The minimum absolute atomic E-state index is 0.903. The molecule has 0 fully saturated rings. The van der Waals surface area contributed by atoms with E-state index in [2.05, 4.69) is 4.74 Å². The van der Waals surface area contributed by atoms with Crippen LogP contribution in [0.15, 0.2) is 12.3 Å². The van der Waals surface area contributed by atoms with E-state index in [0.29, 0.717) is 0 Å². The van der Waals surface area contributed by atoms with Crippen LogP contribution in [0.2, 0.25) is 0 Å². The van der Waals surface area contributed by atoms with Crippen molar-refractivity contribution in [3.8, 4) is 0 Å². The zero-order valence-corrected chi connectivity index (χ0v) is 4.52. The van der Waals surface area contributed by atoms with Crippen LogP contribution in [0, 0.1) is 0 Å². The SMILES string of the molecule is CO/C=C/C(C)F. The van der Waals surface area contributed by atoms with Gasteiger partial charge in [-0.25, -0.2) is 4.39 Å². The smallest absolute Gasteiger partial charge is 0.119 e. The van der Waals surface area contributed by atoms with Crippen LogP contribution >= 0.6 is 0 Å². The maximum Gasteiger partial charge on any atom is 0.119 e. The monoisotopic (exact) mass is 104 g/mol. The Hall–Kier alpha value is -0.530. The fourth-order valence-corrected chi connectivity index (χ4v) is 0.187. The topological polar surface area (TPSA) is 9.23 Å². The van der Waals surface area contributed by atoms with Gasteiger partial charge in [-0.05, 0) is 13.0 Å². The van der Waals surface area contributed by atoms with Gasteiger partial charge in [0.25, 0.3) is 0 Å². The van der Waals surface area contributed by atoms with E-state index in [-0.39, 0.29) is 0 Å². The molecule has 0 saturated heterocycles. The third-order valence-corrected chi connectivity index (χ3v) is 0.480. The molecule has 1 atom stereocenters. The summed E-state index contributed by atoms with van der Waals surface area (Å²) in [6.07, 6.45) is 1.75. The molecule has 42 valence electrons. The van der Waals surface area contributed by atoms with Gasteiger partial charge in [0.1, 0.15) is 6.17 Å². The largest absolute Gasteiger partial charge is 0.505 e. The van der Waals surface area contributed by atoms with E-state index in [1.54, 1.807) is 0 Å². The number of hydrogen-bond donors (Lipinski definition) is 0. The van der Waals surface area contributed by atoms with E-state index < -0.39 is 6.17 Å². The van der Waals surface area contributed by atoms with Gasteiger partial charge in [-0.15, -0.1) is 0 Å². The summed E-state index contributed by atoms with van der Waals surface area (Å²) in [5.41, 5.74) is 0. The number of ether oxygens (including phenoxy) is 1. The molecule has 0 rings (SSSR count). The summed E-state index contributed by atoms with van der Waals surface area (Å²) in [7, 11) is 1.48. The molecule has 7 heavy (non-hydrogen) atoms. The molecule has 0 N–H and O–H groups in total. The highest BCUT2D eigenvalue weighted by molar-refractivity contribution is 4.78. The lowest BCUT2D eigenvalue weighted by molar-refractivity contribution is 0.327. The molecular formula is C5H9FO. The Kier molecular flexibility index (Phi) is 3.38. The second-order valence-corrected chi connectivity index (χ2v) is 1.24. The molecule has 0 aliphatic carbocycles. The lowest BCUT2D eigenvalue weighted by atomic mass is 10.4. The summed E-state index contributed by atoms with van der Waals surface area (Å²) in [5.74, 6) is 0. The van der Waals surface area contributed by atoms with Crippen LogP contribution in [-0.4, -0.2) is 13.3 Å². The van der Waals surface area contributed by atoms with E-state index in [1.807, 2.05) is 0 Å². The van der Waals surface area contributed by atoms with Gasteiger partial charge in [0.15, 0.2) is 0 Å². The van der Waals surface area contributed by atoms with E-state index >= 15 is 0 Å². The summed E-state index contributed by atoms with van der Waals surface area (Å²) in [6.45, 7) is 1.44. The van der Waals surface area contributed by atoms with Crippen LogP contribution in [0.1, 0.15) is 6.92 Å². The molecule has 0 spiro atoms. The third-order valence-electron chi connectivity index (χ3n) is 0.480. The summed E-state index contributed by atoms with van der Waals surface area (Å²) in [4.78, 5) is 0. The van der Waals surface area contributed by atoms with Crippen molar-refractivity contribution in [2.24, 2.45) is 0 Å². The summed E-state index contributed by atoms with van der Waals surface area (Å²) < 4.78 is 16.2. The Balaban J connectivity index is 3.08. The average molecular weight is 104 g/mol. The Labute approximate surface area is 42.8 Å². The van der Waals surface area contributed by atoms with Gasteiger partial charge in [-0.2, -0.15) is 0 Å². The number of allylic oxidation sites excluding steroid dienone is 1. The molecule has 0 saturated carbocycles. The first-order valence-electron chi connectivity index (χ1n) is 2.11. The zero-order valence-electron chi connectivity index (χ0n) is 4.52. The Morgan fingerprint density at radius 2 is 2.29 bits per heavy atom. The minimum atomic E-state index is -0.903. The van der Waals surface area contributed by atoms with E-state index in [0.717, 1.165) is 0 Å². The second-order valence-electron chi connectivity index (χ2n) is 1.24. The van der Waals surface area contributed by atoms with Gasteiger partial charge in [0, 0.05) is 0 Å². The quantitative estimate of drug-likeness (QED) is 0.482. The first-order valence-corrected chi connectivity index (χ1v) is 2.11. The predicted octanol–water partition coefficient (Wildman–Crippen LogP) is 1.50. The molecule has 1 nitrogen and oxygen atoms in total. The van der Waals surface area contributed by atoms with Crippen LogP contribution in [0.3, 0.4) is 0 Å². The molecule has 0 aliphatic rings. The van der Waals surface area contributed by atoms with Crippen molar-refractivity contribution in [3.05, 3.63) is 12.3 Å². The van der Waals surface area contributed by atoms with Gasteiger partial charge in [-0.3, -0.25) is 0 Å². The normalized spacial score (nSPS) is 14.7. The highest BCUT2D eigenvalue weighted by Gasteiger charge is 1.84. The fraction of sp³-hybridized carbons (Fsp3) is 0.600. The highest BCUT2D eigenvalue weighted by atomic mass is 19.1. The maximum atomic E-state index is 11.7. The van der Waals surface area contributed by atoms with E-state index in [9.17, 15) is 4.39 Å². The molecule has 2 heteroatoms. The molecule has 0 heterocycles. The number of alkyl halides is 1. The zero-order chi connectivity index (χ0) is 5.70. The fourth-order valence-electron chi connectivity index (χ4n) is 0.187. The molecule has 0 aliphatic heterocycles. The van der Waals surface area contributed by atoms with Crippen molar-refractivity contribution in [2.75, 3.05) is 7.11 Å². The average Bonchev–Trinajstić information content (AvgIpc) is 1.61. The lowest BCUT2D eigenvalue weighted by Crippen LogP contribution is -1.82. The van der Waals surface area contributed by atoms with Crippen LogP contribution in [0.25, 0.3) is 0 Å². The summed E-state index contributed by atoms with van der Waals surface area (Å²) in [5, 5.41) is 0. The summed E-state index contributed by atoms with van der Waals surface area (Å²) >= 11 is 0. The molecule has 1 unspecified atom stereocenters. The number of rotatable bonds is 2. The van der Waals surface area contributed by atoms with E-state index in [1.165, 1.54) is 26.4 Å². The molecule has 0 radical (unpaired) electrons. The first-order chi connectivity index (χ1) is 3.27. The van der Waals surface area contributed by atoms with Gasteiger partial charge in [0.2, 0.25) is 0 Å². The third kappa shape index (κ3) is 5.47. The van der Waals surface area contributed by atoms with Crippen LogP contribution in [-0.2, 0) is 4.74 Å². The first kappa shape index (κ1) is 6.47. The van der Waals surface area contributed by atoms with Crippen molar-refractivity contribution in [3.63, 3.8) is 0 Å². The van der Waals surface area contributed by atoms with Crippen LogP contribution in [0.5, 0.6) is 0 Å². The van der Waals surface area contributed by atoms with Gasteiger partial charge in [0.05, 0.1) is 13.4 Å². The van der Waals surface area contributed by atoms with Crippen LogP contribution in [0.4, 0.5) is 4.39 Å². The molecule has 0 aromatic carbocycles. The van der Waals surface area contributed by atoms with Gasteiger partial charge < -0.3 is 4.74 Å². The second kappa shape index (κ2) is 3.65. The molecule has 0 bridgehead atoms. The lowest BCUT2D eigenvalue weighted by Gasteiger charge is -1.87. The van der Waals surface area contributed by atoms with Gasteiger partial charge in [-0.1, -0.05) is 0 Å². The van der Waals surface area contributed by atoms with Crippen molar-refractivity contribution in [1.82, 2.24) is 0 Å². The highest BCUT2D eigenvalue weighted by Crippen LogP contribution is 1.88. The van der Waals surface area contributed by atoms with Crippen molar-refractivity contribution in [2.45, 2.75) is 13.1 Å². The van der Waals surface area contributed by atoms with Crippen molar-refractivity contribution >= 4 is 0 Å². The number of halogens is 1. The summed E-state index contributed by atoms with van der Waals surface area (Å²) in [6, 6.07) is 0. The molecule has 0 aromatic heterocycles. The van der Waals surface area contributed by atoms with Crippen molar-refractivity contribution < 1.29 is 9.13 Å². The molecule has 0 amide bonds. The van der Waals surface area contributed by atoms with E-state index in [4.69, 9.17) is 0 Å². The van der Waals surface area contributed by atoms with Gasteiger partial charge >= 0.3 is 0 Å².